The number of hydrogen-bond acceptors (Lipinski definition) is 5. The van der Waals surface area contributed by atoms with Gasteiger partial charge in [-0.05, 0) is 71.1 Å². The highest BCUT2D eigenvalue weighted by molar-refractivity contribution is 7.89. The fraction of sp³-hybridized carbons (Fsp3) is 0.421. The van der Waals surface area contributed by atoms with Gasteiger partial charge in [0, 0.05) is 11.7 Å². The van der Waals surface area contributed by atoms with E-state index in [0.29, 0.717) is 12.2 Å². The number of rotatable bonds is 8. The molecule has 0 saturated heterocycles. The first-order valence-electron chi connectivity index (χ1n) is 8.77. The van der Waals surface area contributed by atoms with E-state index < -0.39 is 10.0 Å². The summed E-state index contributed by atoms with van der Waals surface area (Å²) in [4.78, 5) is 14.5. The molecule has 0 aliphatic rings. The number of benzene rings is 1. The Morgan fingerprint density at radius 3 is 2.26 bits per heavy atom. The maximum Gasteiger partial charge on any atom is 0.241 e. The van der Waals surface area contributed by atoms with E-state index in [-0.39, 0.29) is 22.9 Å². The van der Waals surface area contributed by atoms with E-state index >= 15 is 0 Å². The molecule has 148 valence electrons. The Morgan fingerprint density at radius 1 is 1.11 bits per heavy atom. The zero-order chi connectivity index (χ0) is 20.2. The molecule has 1 aromatic heterocycles. The quantitative estimate of drug-likeness (QED) is 0.719. The number of likely N-dealkylation sites (N-methyl/N-ethyl adjacent to an activating group) is 1. The zero-order valence-electron chi connectivity index (χ0n) is 16.3. The summed E-state index contributed by atoms with van der Waals surface area (Å²) in [6.07, 6.45) is 0. The third-order valence-corrected chi connectivity index (χ3v) is 5.74. The van der Waals surface area contributed by atoms with Gasteiger partial charge in [0.05, 0.1) is 17.5 Å². The summed E-state index contributed by atoms with van der Waals surface area (Å²) >= 11 is 0. The predicted molar refractivity (Wildman–Crippen MR) is 105 cm³/mol. The van der Waals surface area contributed by atoms with Gasteiger partial charge < -0.3 is 9.73 Å². The first-order valence-corrected chi connectivity index (χ1v) is 10.3. The average Bonchev–Trinajstić information content (AvgIpc) is 2.98. The molecule has 0 unspecified atom stereocenters. The fourth-order valence-corrected chi connectivity index (χ4v) is 3.75. The molecule has 0 fully saturated rings. The van der Waals surface area contributed by atoms with Crippen molar-refractivity contribution in [2.45, 2.75) is 51.2 Å². The van der Waals surface area contributed by atoms with Crippen LogP contribution in [0.3, 0.4) is 0 Å². The molecular formula is C19H27N3O4S. The first kappa shape index (κ1) is 21.1. The molecule has 27 heavy (non-hydrogen) atoms. The number of aryl methyl sites for hydroxylation is 1. The standard InChI is InChI=1S/C19H27N3O4S/c1-13(2)21-27(24,25)18-10-7-16(8-11-18)20-19(23)15(4)22(5)12-17-9-6-14(3)26-17/h6-11,13,15,21H,12H2,1-5H3,(H,20,23)/t15-/m1/s1. The predicted octanol–water partition coefficient (Wildman–Crippen LogP) is 2.73. The van der Waals surface area contributed by atoms with E-state index in [0.717, 1.165) is 11.5 Å². The Bertz CT molecular complexity index is 873. The first-order chi connectivity index (χ1) is 12.6. The van der Waals surface area contributed by atoms with Crippen LogP contribution < -0.4 is 10.0 Å². The number of carbonyl (C=O) groups excluding carboxylic acids is 1. The van der Waals surface area contributed by atoms with Crippen LogP contribution >= 0.6 is 0 Å². The molecule has 0 aliphatic carbocycles. The van der Waals surface area contributed by atoms with Crippen LogP contribution in [0.5, 0.6) is 0 Å². The van der Waals surface area contributed by atoms with E-state index in [1.54, 1.807) is 32.9 Å². The number of nitrogens with one attached hydrogen (secondary N) is 2. The number of furan rings is 1. The second-order valence-electron chi connectivity index (χ2n) is 6.89. The largest absolute Gasteiger partial charge is 0.465 e. The zero-order valence-corrected chi connectivity index (χ0v) is 17.1. The van der Waals surface area contributed by atoms with Crippen molar-refractivity contribution in [3.05, 3.63) is 47.9 Å². The molecular weight excluding hydrogens is 366 g/mol. The van der Waals surface area contributed by atoms with E-state index in [9.17, 15) is 13.2 Å². The highest BCUT2D eigenvalue weighted by Crippen LogP contribution is 2.16. The number of carbonyl (C=O) groups is 1. The van der Waals surface area contributed by atoms with Gasteiger partial charge in [-0.15, -0.1) is 0 Å². The van der Waals surface area contributed by atoms with Crippen molar-refractivity contribution in [2.24, 2.45) is 0 Å². The molecule has 0 saturated carbocycles. The van der Waals surface area contributed by atoms with Gasteiger partial charge in [-0.1, -0.05) is 0 Å². The van der Waals surface area contributed by atoms with Crippen molar-refractivity contribution < 1.29 is 17.6 Å². The molecule has 8 heteroatoms. The van der Waals surface area contributed by atoms with Crippen molar-refractivity contribution in [1.29, 1.82) is 0 Å². The molecule has 0 spiro atoms. The van der Waals surface area contributed by atoms with Gasteiger partial charge in [0.1, 0.15) is 11.5 Å². The van der Waals surface area contributed by atoms with Crippen LogP contribution in [0.25, 0.3) is 0 Å². The molecule has 0 radical (unpaired) electrons. The lowest BCUT2D eigenvalue weighted by molar-refractivity contribution is -0.120. The van der Waals surface area contributed by atoms with E-state index in [1.807, 2.05) is 31.0 Å². The summed E-state index contributed by atoms with van der Waals surface area (Å²) in [6.45, 7) is 7.71. The lowest BCUT2D eigenvalue weighted by Gasteiger charge is -2.23. The molecule has 1 atom stereocenters. The van der Waals surface area contributed by atoms with Gasteiger partial charge in [0.2, 0.25) is 15.9 Å². The van der Waals surface area contributed by atoms with E-state index in [2.05, 4.69) is 10.0 Å². The number of hydrogen-bond donors (Lipinski definition) is 2. The van der Waals surface area contributed by atoms with Crippen LogP contribution in [-0.2, 0) is 21.4 Å². The second kappa shape index (κ2) is 8.69. The third kappa shape index (κ3) is 5.92. The van der Waals surface area contributed by atoms with Gasteiger partial charge in [-0.2, -0.15) is 0 Å². The van der Waals surface area contributed by atoms with Crippen LogP contribution in [0.2, 0.25) is 0 Å². The number of sulfonamides is 1. The molecule has 0 bridgehead atoms. The van der Waals surface area contributed by atoms with Crippen LogP contribution in [0.15, 0.2) is 45.7 Å². The van der Waals surface area contributed by atoms with Crippen LogP contribution in [0, 0.1) is 6.92 Å². The molecule has 2 rings (SSSR count). The molecule has 2 N–H and O–H groups in total. The van der Waals surface area contributed by atoms with Crippen LogP contribution in [0.1, 0.15) is 32.3 Å². The van der Waals surface area contributed by atoms with Crippen molar-refractivity contribution in [1.82, 2.24) is 9.62 Å². The summed E-state index contributed by atoms with van der Waals surface area (Å²) < 4.78 is 32.3. The van der Waals surface area contributed by atoms with Crippen LogP contribution in [0.4, 0.5) is 5.69 Å². The molecule has 0 aliphatic heterocycles. The van der Waals surface area contributed by atoms with Crippen LogP contribution in [-0.4, -0.2) is 38.4 Å². The molecule has 1 heterocycles. The van der Waals surface area contributed by atoms with E-state index in [4.69, 9.17) is 4.42 Å². The van der Waals surface area contributed by atoms with Crippen molar-refractivity contribution in [3.8, 4) is 0 Å². The minimum absolute atomic E-state index is 0.160. The minimum Gasteiger partial charge on any atom is -0.465 e. The molecule has 1 amide bonds. The molecule has 7 nitrogen and oxygen atoms in total. The van der Waals surface area contributed by atoms with Gasteiger partial charge in [-0.25, -0.2) is 13.1 Å². The lowest BCUT2D eigenvalue weighted by atomic mass is 10.2. The van der Waals surface area contributed by atoms with Gasteiger partial charge in [0.25, 0.3) is 0 Å². The Labute approximate surface area is 160 Å². The Kier molecular flexibility index (Phi) is 6.80. The summed E-state index contributed by atoms with van der Waals surface area (Å²) in [5.41, 5.74) is 0.539. The lowest BCUT2D eigenvalue weighted by Crippen LogP contribution is -2.39. The number of amides is 1. The van der Waals surface area contributed by atoms with Crippen molar-refractivity contribution in [3.63, 3.8) is 0 Å². The topological polar surface area (TPSA) is 91.7 Å². The number of nitrogens with zero attached hydrogens (tertiary/aromatic N) is 1. The SMILES string of the molecule is Cc1ccc(CN(C)[C@H](C)C(=O)Nc2ccc(S(=O)(=O)NC(C)C)cc2)o1. The Hall–Kier alpha value is -2.16. The highest BCUT2D eigenvalue weighted by Gasteiger charge is 2.20. The summed E-state index contributed by atoms with van der Waals surface area (Å²) in [5, 5.41) is 2.81. The van der Waals surface area contributed by atoms with Gasteiger partial charge in [0.15, 0.2) is 0 Å². The second-order valence-corrected chi connectivity index (χ2v) is 8.61. The van der Waals surface area contributed by atoms with Crippen molar-refractivity contribution >= 4 is 21.6 Å². The Balaban J connectivity index is 1.98. The number of anilines is 1. The van der Waals surface area contributed by atoms with Gasteiger partial charge in [-0.3, -0.25) is 9.69 Å². The summed E-state index contributed by atoms with van der Waals surface area (Å²) in [7, 11) is -1.71. The highest BCUT2D eigenvalue weighted by atomic mass is 32.2. The summed E-state index contributed by atoms with van der Waals surface area (Å²) in [5.74, 6) is 1.44. The molecule has 1 aromatic carbocycles. The maximum absolute atomic E-state index is 12.5. The van der Waals surface area contributed by atoms with Crippen molar-refractivity contribution in [2.75, 3.05) is 12.4 Å². The molecule has 2 aromatic rings. The maximum atomic E-state index is 12.5. The third-order valence-electron chi connectivity index (χ3n) is 4.06. The van der Waals surface area contributed by atoms with E-state index in [1.165, 1.54) is 12.1 Å². The van der Waals surface area contributed by atoms with Gasteiger partial charge >= 0.3 is 0 Å². The normalized spacial score (nSPS) is 13.1. The Morgan fingerprint density at radius 2 is 1.74 bits per heavy atom. The minimum atomic E-state index is -3.55. The smallest absolute Gasteiger partial charge is 0.241 e. The fourth-order valence-electron chi connectivity index (χ4n) is 2.50. The average molecular weight is 394 g/mol. The monoisotopic (exact) mass is 393 g/mol. The summed E-state index contributed by atoms with van der Waals surface area (Å²) in [6, 6.07) is 9.30.